The maximum atomic E-state index is 13.0. The number of carbonyl (C=O) groups excluding carboxylic acids is 2. The van der Waals surface area contributed by atoms with Crippen LogP contribution in [-0.4, -0.2) is 63.8 Å². The smallest absolute Gasteiger partial charge is 0.229 e. The molecule has 4 heterocycles. The predicted octanol–water partition coefficient (Wildman–Crippen LogP) is 5.58. The molecule has 2 aliphatic heterocycles. The normalized spacial score (nSPS) is 15.8. The Balaban J connectivity index is 1.06. The van der Waals surface area contributed by atoms with Crippen molar-refractivity contribution in [1.82, 2.24) is 30.3 Å². The summed E-state index contributed by atoms with van der Waals surface area (Å²) in [6.07, 6.45) is 8.04. The molecular formula is C38H49N7O3. The Morgan fingerprint density at radius 1 is 0.896 bits per heavy atom. The lowest BCUT2D eigenvalue weighted by atomic mass is 10.0. The molecule has 10 nitrogen and oxygen atoms in total. The summed E-state index contributed by atoms with van der Waals surface area (Å²) in [7, 11) is 0. The molecule has 2 fully saturated rings. The lowest BCUT2D eigenvalue weighted by Gasteiger charge is -2.26. The number of aryl methyl sites for hydroxylation is 2. The maximum absolute atomic E-state index is 13.0. The van der Waals surface area contributed by atoms with Crippen molar-refractivity contribution in [2.24, 2.45) is 0 Å². The van der Waals surface area contributed by atoms with Gasteiger partial charge in [0.15, 0.2) is 5.65 Å². The number of nitrogens with one attached hydrogen (secondary N) is 3. The van der Waals surface area contributed by atoms with Crippen molar-refractivity contribution >= 4 is 28.5 Å². The molecule has 2 saturated heterocycles. The van der Waals surface area contributed by atoms with Gasteiger partial charge < -0.3 is 20.7 Å². The molecular weight excluding hydrogens is 602 g/mol. The van der Waals surface area contributed by atoms with Crippen LogP contribution in [0.5, 0.6) is 0 Å². The Hall–Kier alpha value is -4.28. The molecule has 0 unspecified atom stereocenters. The fraction of sp³-hybridized carbons (Fsp3) is 0.474. The minimum absolute atomic E-state index is 0.244. The highest BCUT2D eigenvalue weighted by Crippen LogP contribution is 2.31. The van der Waals surface area contributed by atoms with Crippen molar-refractivity contribution in [1.29, 1.82) is 0 Å². The summed E-state index contributed by atoms with van der Waals surface area (Å²) in [6, 6.07) is 17.2. The number of hydrogen-bond acceptors (Lipinski definition) is 7. The number of anilines is 1. The van der Waals surface area contributed by atoms with Crippen LogP contribution in [0.3, 0.4) is 0 Å². The largest absolute Gasteiger partial charge is 0.381 e. The van der Waals surface area contributed by atoms with Crippen LogP contribution in [0.4, 0.5) is 5.69 Å². The number of amides is 2. The number of carbonyl (C=O) groups is 2. The van der Waals surface area contributed by atoms with Crippen molar-refractivity contribution in [3.8, 4) is 11.1 Å². The predicted molar refractivity (Wildman–Crippen MR) is 189 cm³/mol. The van der Waals surface area contributed by atoms with E-state index in [-0.39, 0.29) is 30.8 Å². The van der Waals surface area contributed by atoms with Crippen molar-refractivity contribution in [3.05, 3.63) is 77.1 Å². The molecule has 48 heavy (non-hydrogen) atoms. The molecule has 3 N–H and O–H groups in total. The molecule has 6 rings (SSSR count). The molecule has 0 bridgehead atoms. The highest BCUT2D eigenvalue weighted by atomic mass is 16.5. The first-order valence-electron chi connectivity index (χ1n) is 17.7. The van der Waals surface area contributed by atoms with Gasteiger partial charge in [0.05, 0.1) is 17.3 Å². The summed E-state index contributed by atoms with van der Waals surface area (Å²) in [4.78, 5) is 33.4. The summed E-state index contributed by atoms with van der Waals surface area (Å²) < 4.78 is 7.48. The molecule has 10 heteroatoms. The third-order valence-corrected chi connectivity index (χ3v) is 9.49. The van der Waals surface area contributed by atoms with Gasteiger partial charge in [0.1, 0.15) is 6.42 Å². The van der Waals surface area contributed by atoms with Crippen molar-refractivity contribution in [2.45, 2.75) is 91.0 Å². The Morgan fingerprint density at radius 2 is 1.58 bits per heavy atom. The molecule has 0 radical (unpaired) electrons. The molecule has 2 amide bonds. The van der Waals surface area contributed by atoms with E-state index in [4.69, 9.17) is 9.72 Å². The van der Waals surface area contributed by atoms with E-state index in [1.165, 1.54) is 43.5 Å². The van der Waals surface area contributed by atoms with E-state index in [2.05, 4.69) is 76.2 Å². The number of nitrogens with zero attached hydrogens (tertiary/aromatic N) is 4. The van der Waals surface area contributed by atoms with Crippen LogP contribution >= 0.6 is 0 Å². The van der Waals surface area contributed by atoms with Gasteiger partial charge in [-0.3, -0.25) is 14.5 Å². The van der Waals surface area contributed by atoms with Gasteiger partial charge in [-0.2, -0.15) is 5.10 Å². The van der Waals surface area contributed by atoms with E-state index in [1.807, 2.05) is 23.0 Å². The topological polar surface area (TPSA) is 113 Å². The van der Waals surface area contributed by atoms with Crippen LogP contribution in [0, 0.1) is 0 Å². The van der Waals surface area contributed by atoms with E-state index < -0.39 is 0 Å². The van der Waals surface area contributed by atoms with E-state index in [0.29, 0.717) is 13.0 Å². The van der Waals surface area contributed by atoms with Gasteiger partial charge in [0.25, 0.3) is 0 Å². The Labute approximate surface area is 283 Å². The zero-order chi connectivity index (χ0) is 33.3. The van der Waals surface area contributed by atoms with Crippen LogP contribution in [-0.2, 0) is 46.9 Å². The van der Waals surface area contributed by atoms with Gasteiger partial charge in [-0.15, -0.1) is 0 Å². The third kappa shape index (κ3) is 8.41. The standard InChI is InChI=1S/C38H49N7O3/c1-3-34-32(37(42-31-14-18-48-19-15-31)33-25-41-45(4-2)38(33)43-34)24-40-36(47)22-35(46)39-23-27-10-8-12-29(20-27)30-13-9-11-28(21-30)26-44-16-6-5-7-17-44/h8-13,20-21,25,31H,3-7,14-19,22-24,26H2,1-2H3,(H,39,46)(H,40,47)(H,42,43). The van der Waals surface area contributed by atoms with Crippen molar-refractivity contribution in [2.75, 3.05) is 31.6 Å². The number of ether oxygens (including phenoxy) is 1. The fourth-order valence-corrected chi connectivity index (χ4v) is 6.84. The SMILES string of the molecule is CCc1nc2c(cnn2CC)c(NC2CCOCC2)c1CNC(=O)CC(=O)NCc1cccc(-c2cccc(CN3CCCCC3)c2)c1. The average molecular weight is 652 g/mol. The molecule has 4 aromatic rings. The number of rotatable bonds is 13. The van der Waals surface area contributed by atoms with Gasteiger partial charge >= 0.3 is 0 Å². The molecule has 0 atom stereocenters. The van der Waals surface area contributed by atoms with Crippen LogP contribution in [0.15, 0.2) is 54.7 Å². The summed E-state index contributed by atoms with van der Waals surface area (Å²) in [5.74, 6) is -0.634. The summed E-state index contributed by atoms with van der Waals surface area (Å²) in [6.45, 7) is 10.2. The molecule has 2 aromatic heterocycles. The first-order chi connectivity index (χ1) is 23.5. The molecule has 254 valence electrons. The van der Waals surface area contributed by atoms with Crippen molar-refractivity contribution in [3.63, 3.8) is 0 Å². The minimum atomic E-state index is -0.324. The third-order valence-electron chi connectivity index (χ3n) is 9.49. The van der Waals surface area contributed by atoms with E-state index in [1.54, 1.807) is 0 Å². The number of fused-ring (bicyclic) bond motifs is 1. The van der Waals surface area contributed by atoms with E-state index in [0.717, 1.165) is 78.2 Å². The number of benzene rings is 2. The number of aromatic nitrogens is 3. The molecule has 0 saturated carbocycles. The van der Waals surface area contributed by atoms with E-state index >= 15 is 0 Å². The second-order valence-corrected chi connectivity index (χ2v) is 13.0. The Bertz CT molecular complexity index is 1710. The van der Waals surface area contributed by atoms with E-state index in [9.17, 15) is 9.59 Å². The first-order valence-corrected chi connectivity index (χ1v) is 17.7. The maximum Gasteiger partial charge on any atom is 0.229 e. The second kappa shape index (κ2) is 16.2. The average Bonchev–Trinajstić information content (AvgIpc) is 3.54. The Morgan fingerprint density at radius 3 is 2.29 bits per heavy atom. The molecule has 0 aliphatic carbocycles. The summed E-state index contributed by atoms with van der Waals surface area (Å²) in [5, 5.41) is 15.2. The van der Waals surface area contributed by atoms with Crippen LogP contribution in [0.2, 0.25) is 0 Å². The molecule has 0 spiro atoms. The van der Waals surface area contributed by atoms with Gasteiger partial charge in [-0.05, 0) is 86.5 Å². The van der Waals surface area contributed by atoms with Crippen LogP contribution < -0.4 is 16.0 Å². The summed E-state index contributed by atoms with van der Waals surface area (Å²) in [5.41, 5.74) is 8.26. The number of piperidine rings is 1. The number of likely N-dealkylation sites (tertiary alicyclic amines) is 1. The zero-order valence-electron chi connectivity index (χ0n) is 28.4. The lowest BCUT2D eigenvalue weighted by molar-refractivity contribution is -0.129. The first kappa shape index (κ1) is 33.6. The van der Waals surface area contributed by atoms with Gasteiger partial charge in [0.2, 0.25) is 11.8 Å². The van der Waals surface area contributed by atoms with Gasteiger partial charge in [0, 0.05) is 56.7 Å². The van der Waals surface area contributed by atoms with Gasteiger partial charge in [-0.25, -0.2) is 9.67 Å². The number of pyridine rings is 1. The van der Waals surface area contributed by atoms with Gasteiger partial charge in [-0.1, -0.05) is 49.7 Å². The monoisotopic (exact) mass is 651 g/mol. The second-order valence-electron chi connectivity index (χ2n) is 13.0. The minimum Gasteiger partial charge on any atom is -0.381 e. The molecule has 2 aromatic carbocycles. The highest BCUT2D eigenvalue weighted by molar-refractivity contribution is 5.97. The Kier molecular flexibility index (Phi) is 11.4. The van der Waals surface area contributed by atoms with Crippen LogP contribution in [0.1, 0.15) is 74.8 Å². The quantitative estimate of drug-likeness (QED) is 0.162. The lowest BCUT2D eigenvalue weighted by Crippen LogP contribution is -2.32. The highest BCUT2D eigenvalue weighted by Gasteiger charge is 2.22. The van der Waals surface area contributed by atoms with Crippen molar-refractivity contribution < 1.29 is 14.3 Å². The fourth-order valence-electron chi connectivity index (χ4n) is 6.84. The van der Waals surface area contributed by atoms with Crippen LogP contribution in [0.25, 0.3) is 22.2 Å². The number of hydrogen-bond donors (Lipinski definition) is 3. The molecule has 2 aliphatic rings. The zero-order valence-corrected chi connectivity index (χ0v) is 28.4. The summed E-state index contributed by atoms with van der Waals surface area (Å²) >= 11 is 0.